The van der Waals surface area contributed by atoms with Gasteiger partial charge in [0.05, 0.1) is 0 Å². The molecule has 0 heterocycles. The van der Waals surface area contributed by atoms with Gasteiger partial charge in [-0.25, -0.2) is 0 Å². The van der Waals surface area contributed by atoms with Gasteiger partial charge in [-0.3, -0.25) is 0 Å². The average molecular weight is 507 g/mol. The zero-order valence-electron chi connectivity index (χ0n) is 21.3. The van der Waals surface area contributed by atoms with E-state index in [1.54, 1.807) is 0 Å². The first-order valence-corrected chi connectivity index (χ1v) is 15.6. The van der Waals surface area contributed by atoms with Gasteiger partial charge in [-0.2, -0.15) is 0 Å². The average Bonchev–Trinajstić information content (AvgIpc) is 3.00. The third-order valence-corrected chi connectivity index (χ3v) is 13.4. The Labute approximate surface area is 226 Å². The molecule has 0 N–H and O–H groups in total. The number of fused-ring (bicyclic) bond motifs is 3. The van der Waals surface area contributed by atoms with Crippen LogP contribution in [0.4, 0.5) is 0 Å². The van der Waals surface area contributed by atoms with Gasteiger partial charge in [0, 0.05) is 23.2 Å². The Hall–Kier alpha value is -3.86. The molecule has 4 unspecified atom stereocenters. The number of rotatable bonds is 4. The van der Waals surface area contributed by atoms with Crippen LogP contribution in [0.3, 0.4) is 0 Å². The Morgan fingerprint density at radius 1 is 0.526 bits per heavy atom. The van der Waals surface area contributed by atoms with Gasteiger partial charge >= 0.3 is 0 Å². The molecule has 0 bridgehead atoms. The normalized spacial score (nSPS) is 26.3. The van der Waals surface area contributed by atoms with Gasteiger partial charge in [-0.1, -0.05) is 171 Å². The van der Waals surface area contributed by atoms with Crippen LogP contribution in [-0.2, 0) is 0 Å². The van der Waals surface area contributed by atoms with Crippen LogP contribution < -0.4 is 5.30 Å². The van der Waals surface area contributed by atoms with Crippen LogP contribution in [0.5, 0.6) is 0 Å². The molecule has 0 fully saturated rings. The Morgan fingerprint density at radius 2 is 1.13 bits per heavy atom. The van der Waals surface area contributed by atoms with E-state index in [9.17, 15) is 0 Å². The third-order valence-electron chi connectivity index (χ3n) is 8.47. The molecule has 0 aliphatic heterocycles. The van der Waals surface area contributed by atoms with Gasteiger partial charge in [-0.05, 0) is 32.8 Å². The smallest absolute Gasteiger partial charge is 0.0126 e. The molecule has 1 heteroatoms. The van der Waals surface area contributed by atoms with Crippen LogP contribution in [0.2, 0.25) is 0 Å². The highest BCUT2D eigenvalue weighted by Crippen LogP contribution is 2.65. The van der Waals surface area contributed by atoms with Crippen molar-refractivity contribution in [1.82, 2.24) is 0 Å². The van der Waals surface area contributed by atoms with Crippen LogP contribution in [0.25, 0.3) is 10.8 Å². The summed E-state index contributed by atoms with van der Waals surface area (Å²) in [4.78, 5) is 0. The molecule has 4 atom stereocenters. The Morgan fingerprint density at radius 3 is 1.82 bits per heavy atom. The summed E-state index contributed by atoms with van der Waals surface area (Å²) in [5.41, 5.74) is 4.85. The van der Waals surface area contributed by atoms with Gasteiger partial charge in [0.15, 0.2) is 0 Å². The van der Waals surface area contributed by atoms with E-state index >= 15 is 0 Å². The molecule has 4 aliphatic carbocycles. The summed E-state index contributed by atoms with van der Waals surface area (Å²) in [6.45, 7) is -2.10. The molecule has 4 aliphatic rings. The molecule has 0 saturated carbocycles. The highest BCUT2D eigenvalue weighted by atomic mass is 31.2. The lowest BCUT2D eigenvalue weighted by molar-refractivity contribution is 0.746. The summed E-state index contributed by atoms with van der Waals surface area (Å²) in [6.07, 6.45) is 32.7. The van der Waals surface area contributed by atoms with E-state index in [4.69, 9.17) is 0 Å². The molecule has 0 aromatic heterocycles. The molecule has 38 heavy (non-hydrogen) atoms. The lowest BCUT2D eigenvalue weighted by atomic mass is 9.87. The molecule has 184 valence electrons. The molecule has 0 radical (unpaired) electrons. The maximum atomic E-state index is 2.71. The van der Waals surface area contributed by atoms with Crippen molar-refractivity contribution >= 4 is 28.8 Å². The van der Waals surface area contributed by atoms with Gasteiger partial charge in [0.2, 0.25) is 0 Å². The molecule has 0 spiro atoms. The van der Waals surface area contributed by atoms with E-state index in [1.165, 1.54) is 32.8 Å². The molecule has 7 rings (SSSR count). The van der Waals surface area contributed by atoms with Crippen LogP contribution in [0.15, 0.2) is 169 Å². The number of benzene rings is 3. The molecular formula is C37H31P. The van der Waals surface area contributed by atoms with E-state index in [-0.39, 0.29) is 0 Å². The predicted octanol–water partition coefficient (Wildman–Crippen LogP) is 8.55. The Kier molecular flexibility index (Phi) is 5.99. The van der Waals surface area contributed by atoms with Gasteiger partial charge in [-0.15, -0.1) is 0 Å². The zero-order valence-corrected chi connectivity index (χ0v) is 22.2. The van der Waals surface area contributed by atoms with Crippen LogP contribution in [0.1, 0.15) is 5.56 Å². The molecule has 3 aromatic carbocycles. The van der Waals surface area contributed by atoms with Gasteiger partial charge in [0.25, 0.3) is 0 Å². The SMILES string of the molecule is C1=CC2=CC=CC(P(=Cc3ccccc3)(c3cccc4ccccc34)C3C=CC=C4C=CC=CC43)C2C=C1. The first kappa shape index (κ1) is 23.3. The second kappa shape index (κ2) is 9.79. The van der Waals surface area contributed by atoms with Crippen LogP contribution in [-0.4, -0.2) is 17.1 Å². The minimum Gasteiger partial charge on any atom is -0.0760 e. The maximum Gasteiger partial charge on any atom is 0.0126 e. The molecule has 0 amide bonds. The Balaban J connectivity index is 1.60. The molecule has 0 nitrogen and oxygen atoms in total. The van der Waals surface area contributed by atoms with E-state index in [2.05, 4.69) is 164 Å². The fourth-order valence-corrected chi connectivity index (χ4v) is 12.3. The van der Waals surface area contributed by atoms with Crippen molar-refractivity contribution in [2.45, 2.75) is 11.3 Å². The van der Waals surface area contributed by atoms with Crippen LogP contribution in [0, 0.1) is 11.8 Å². The summed E-state index contributed by atoms with van der Waals surface area (Å²) < 4.78 is 0. The second-order valence-corrected chi connectivity index (χ2v) is 14.1. The lowest BCUT2D eigenvalue weighted by Crippen LogP contribution is -2.37. The highest BCUT2D eigenvalue weighted by Gasteiger charge is 2.44. The monoisotopic (exact) mass is 506 g/mol. The summed E-state index contributed by atoms with van der Waals surface area (Å²) in [6, 6.07) is 27.1. The van der Waals surface area contributed by atoms with Crippen LogP contribution >= 0.6 is 6.89 Å². The van der Waals surface area contributed by atoms with Crippen molar-refractivity contribution in [3.05, 3.63) is 175 Å². The number of hydrogen-bond acceptors (Lipinski definition) is 0. The fourth-order valence-electron chi connectivity index (χ4n) is 6.81. The fraction of sp³-hybridized carbons (Fsp3) is 0.108. The maximum absolute atomic E-state index is 2.71. The third kappa shape index (κ3) is 3.84. The van der Waals surface area contributed by atoms with Gasteiger partial charge < -0.3 is 0 Å². The standard InChI is InChI=1S/C37H31P/c1-2-13-28(14-3-1)27-38(35-24-10-18-29-15-4-7-21-32(29)35,36-25-11-19-30-16-5-8-22-33(30)36)37-26-12-20-31-17-6-9-23-34(31)37/h1-27,32-33,35-36H. The summed E-state index contributed by atoms with van der Waals surface area (Å²) in [7, 11) is 0. The van der Waals surface area contributed by atoms with Crippen molar-refractivity contribution < 1.29 is 0 Å². The Bertz CT molecular complexity index is 1610. The summed E-state index contributed by atoms with van der Waals surface area (Å²) in [5, 5.41) is 4.22. The molecular weight excluding hydrogens is 475 g/mol. The summed E-state index contributed by atoms with van der Waals surface area (Å²) in [5.74, 6) is 3.41. The minimum absolute atomic E-state index is 0.350. The number of hydrogen-bond donors (Lipinski definition) is 0. The second-order valence-electron chi connectivity index (χ2n) is 10.5. The topological polar surface area (TPSA) is 0 Å². The zero-order chi connectivity index (χ0) is 25.4. The van der Waals surface area contributed by atoms with Crippen molar-refractivity contribution in [3.63, 3.8) is 0 Å². The molecule has 0 saturated heterocycles. The predicted molar refractivity (Wildman–Crippen MR) is 168 cm³/mol. The largest absolute Gasteiger partial charge is 0.0760 e. The van der Waals surface area contributed by atoms with Crippen molar-refractivity contribution in [1.29, 1.82) is 0 Å². The van der Waals surface area contributed by atoms with Gasteiger partial charge in [0.1, 0.15) is 0 Å². The van der Waals surface area contributed by atoms with E-state index in [1.807, 2.05) is 0 Å². The number of allylic oxidation sites excluding steroid dienone is 16. The van der Waals surface area contributed by atoms with E-state index in [0.717, 1.165) is 0 Å². The lowest BCUT2D eigenvalue weighted by Gasteiger charge is -2.47. The first-order chi connectivity index (χ1) is 18.8. The summed E-state index contributed by atoms with van der Waals surface area (Å²) >= 11 is 0. The van der Waals surface area contributed by atoms with E-state index < -0.39 is 6.89 Å². The van der Waals surface area contributed by atoms with Crippen molar-refractivity contribution in [3.8, 4) is 0 Å². The van der Waals surface area contributed by atoms with E-state index in [0.29, 0.717) is 23.2 Å². The highest BCUT2D eigenvalue weighted by molar-refractivity contribution is 7.84. The first-order valence-electron chi connectivity index (χ1n) is 13.6. The minimum atomic E-state index is -2.10. The quantitative estimate of drug-likeness (QED) is 0.311. The van der Waals surface area contributed by atoms with Crippen molar-refractivity contribution in [2.75, 3.05) is 0 Å². The molecule has 3 aromatic rings. The van der Waals surface area contributed by atoms with Crippen molar-refractivity contribution in [2.24, 2.45) is 11.8 Å².